The van der Waals surface area contributed by atoms with Crippen molar-refractivity contribution in [2.75, 3.05) is 20.1 Å². The molecule has 1 saturated heterocycles. The molecule has 0 spiro atoms. The largest absolute Gasteiger partial charge is 0.341 e. The highest BCUT2D eigenvalue weighted by molar-refractivity contribution is 5.86. The van der Waals surface area contributed by atoms with Gasteiger partial charge in [0.2, 0.25) is 5.91 Å². The number of amides is 1. The first-order valence-electron chi connectivity index (χ1n) is 6.73. The van der Waals surface area contributed by atoms with Crippen LogP contribution in [0.2, 0.25) is 0 Å². The van der Waals surface area contributed by atoms with E-state index in [4.69, 9.17) is 0 Å². The summed E-state index contributed by atoms with van der Waals surface area (Å²) in [5.41, 5.74) is 0. The lowest BCUT2D eigenvalue weighted by Crippen LogP contribution is -2.40. The predicted octanol–water partition coefficient (Wildman–Crippen LogP) is 0.977. The van der Waals surface area contributed by atoms with Gasteiger partial charge in [-0.05, 0) is 12.5 Å². The third kappa shape index (κ3) is 3.25. The van der Waals surface area contributed by atoms with E-state index >= 15 is 0 Å². The predicted molar refractivity (Wildman–Crippen MR) is 74.8 cm³/mol. The number of likely N-dealkylation sites (tertiary alicyclic amines) is 1. The average molecular weight is 280 g/mol. The first kappa shape index (κ1) is 14.7. The lowest BCUT2D eigenvalue weighted by atomic mass is 10.2. The van der Waals surface area contributed by atoms with Gasteiger partial charge in [-0.1, -0.05) is 6.58 Å². The maximum atomic E-state index is 13.7. The zero-order valence-corrected chi connectivity index (χ0v) is 12.0. The van der Waals surface area contributed by atoms with Crippen LogP contribution in [-0.4, -0.2) is 57.6 Å². The van der Waals surface area contributed by atoms with E-state index in [0.717, 1.165) is 5.82 Å². The Kier molecular flexibility index (Phi) is 4.54. The van der Waals surface area contributed by atoms with Gasteiger partial charge in [0.1, 0.15) is 12.0 Å². The Bertz CT molecular complexity index is 487. The van der Waals surface area contributed by atoms with E-state index in [9.17, 15) is 9.18 Å². The summed E-state index contributed by atoms with van der Waals surface area (Å²) in [7, 11) is 3.64. The van der Waals surface area contributed by atoms with Gasteiger partial charge in [-0.3, -0.25) is 9.69 Å². The maximum Gasteiger partial charge on any atom is 0.245 e. The Balaban J connectivity index is 2.01. The Morgan fingerprint density at radius 3 is 3.05 bits per heavy atom. The van der Waals surface area contributed by atoms with Crippen molar-refractivity contribution >= 4 is 5.91 Å². The van der Waals surface area contributed by atoms with Gasteiger partial charge >= 0.3 is 0 Å². The van der Waals surface area contributed by atoms with Crippen molar-refractivity contribution in [2.24, 2.45) is 7.05 Å². The van der Waals surface area contributed by atoms with Crippen molar-refractivity contribution < 1.29 is 9.18 Å². The van der Waals surface area contributed by atoms with E-state index in [1.807, 2.05) is 17.8 Å². The molecule has 1 aliphatic rings. The van der Waals surface area contributed by atoms with E-state index in [0.29, 0.717) is 26.1 Å². The fourth-order valence-corrected chi connectivity index (χ4v) is 2.60. The van der Waals surface area contributed by atoms with Crippen LogP contribution in [0.25, 0.3) is 0 Å². The number of aromatic nitrogens is 2. The van der Waals surface area contributed by atoms with Crippen LogP contribution in [0.3, 0.4) is 0 Å². The van der Waals surface area contributed by atoms with Crippen molar-refractivity contribution in [2.45, 2.75) is 25.2 Å². The first-order chi connectivity index (χ1) is 9.51. The van der Waals surface area contributed by atoms with Crippen LogP contribution in [0.5, 0.6) is 0 Å². The molecule has 2 rings (SSSR count). The van der Waals surface area contributed by atoms with Crippen LogP contribution >= 0.6 is 0 Å². The minimum absolute atomic E-state index is 0.0237. The van der Waals surface area contributed by atoms with Gasteiger partial charge in [0.25, 0.3) is 0 Å². The topological polar surface area (TPSA) is 41.4 Å². The molecule has 0 bridgehead atoms. The van der Waals surface area contributed by atoms with Gasteiger partial charge in [0.15, 0.2) is 0 Å². The molecule has 2 heterocycles. The number of nitrogens with zero attached hydrogens (tertiary/aromatic N) is 4. The molecule has 20 heavy (non-hydrogen) atoms. The molecule has 0 aliphatic carbocycles. The van der Waals surface area contributed by atoms with Crippen molar-refractivity contribution in [3.8, 4) is 0 Å². The SMILES string of the molecule is C=CC(=O)N(C)C[C@@H]1C[C@H](F)CN1Cc1nccn1C. The summed E-state index contributed by atoms with van der Waals surface area (Å²) in [6.45, 7) is 4.98. The number of aryl methyl sites for hydroxylation is 1. The van der Waals surface area contributed by atoms with Crippen LogP contribution in [0, 0.1) is 0 Å². The zero-order chi connectivity index (χ0) is 14.7. The summed E-state index contributed by atoms with van der Waals surface area (Å²) in [4.78, 5) is 19.4. The molecule has 0 aromatic carbocycles. The number of carbonyl (C=O) groups excluding carboxylic acids is 1. The van der Waals surface area contributed by atoms with Crippen LogP contribution in [-0.2, 0) is 18.4 Å². The number of imidazole rings is 1. The molecule has 0 saturated carbocycles. The molecular weight excluding hydrogens is 259 g/mol. The Labute approximate surface area is 118 Å². The molecule has 5 nitrogen and oxygen atoms in total. The quantitative estimate of drug-likeness (QED) is 0.755. The highest BCUT2D eigenvalue weighted by atomic mass is 19.1. The molecular formula is C14H21FN4O. The fraction of sp³-hybridized carbons (Fsp3) is 0.571. The number of carbonyl (C=O) groups is 1. The van der Waals surface area contributed by atoms with Crippen LogP contribution in [0.4, 0.5) is 4.39 Å². The molecule has 110 valence electrons. The summed E-state index contributed by atoms with van der Waals surface area (Å²) in [5, 5.41) is 0. The van der Waals surface area contributed by atoms with Crippen molar-refractivity contribution in [1.29, 1.82) is 0 Å². The summed E-state index contributed by atoms with van der Waals surface area (Å²) in [5.74, 6) is 0.769. The molecule has 6 heteroatoms. The first-order valence-corrected chi connectivity index (χ1v) is 6.73. The normalized spacial score (nSPS) is 22.9. The second-order valence-electron chi connectivity index (χ2n) is 5.29. The summed E-state index contributed by atoms with van der Waals surface area (Å²) in [6, 6.07) is 0.0237. The Morgan fingerprint density at radius 1 is 1.70 bits per heavy atom. The summed E-state index contributed by atoms with van der Waals surface area (Å²) >= 11 is 0. The molecule has 1 aliphatic heterocycles. The number of rotatable bonds is 5. The second-order valence-corrected chi connectivity index (χ2v) is 5.29. The maximum absolute atomic E-state index is 13.7. The number of halogens is 1. The smallest absolute Gasteiger partial charge is 0.245 e. The van der Waals surface area contributed by atoms with Crippen molar-refractivity contribution in [3.05, 3.63) is 30.9 Å². The number of hydrogen-bond acceptors (Lipinski definition) is 3. The molecule has 1 fully saturated rings. The minimum atomic E-state index is -0.840. The van der Waals surface area contributed by atoms with Gasteiger partial charge < -0.3 is 9.47 Å². The standard InChI is InChI=1S/C14H21FN4O/c1-4-14(20)18(3)9-12-7-11(15)8-19(12)10-13-16-5-6-17(13)2/h4-6,11-12H,1,7-10H2,2-3H3/t11-,12-/m0/s1. The third-order valence-electron chi connectivity index (χ3n) is 3.78. The van der Waals surface area contributed by atoms with E-state index in [1.54, 1.807) is 18.1 Å². The van der Waals surface area contributed by atoms with E-state index < -0.39 is 6.17 Å². The fourth-order valence-electron chi connectivity index (χ4n) is 2.60. The molecule has 1 amide bonds. The summed E-state index contributed by atoms with van der Waals surface area (Å²) in [6.07, 6.45) is 4.51. The van der Waals surface area contributed by atoms with Gasteiger partial charge in [-0.15, -0.1) is 0 Å². The van der Waals surface area contributed by atoms with Crippen LogP contribution < -0.4 is 0 Å². The number of hydrogen-bond donors (Lipinski definition) is 0. The highest BCUT2D eigenvalue weighted by Crippen LogP contribution is 2.23. The number of likely N-dealkylation sites (N-methyl/N-ethyl adjacent to an activating group) is 1. The van der Waals surface area contributed by atoms with Crippen molar-refractivity contribution in [3.63, 3.8) is 0 Å². The lowest BCUT2D eigenvalue weighted by Gasteiger charge is -2.27. The molecule has 2 atom stereocenters. The molecule has 0 N–H and O–H groups in total. The van der Waals surface area contributed by atoms with E-state index in [-0.39, 0.29) is 11.9 Å². The van der Waals surface area contributed by atoms with Crippen LogP contribution in [0.15, 0.2) is 25.0 Å². The molecule has 0 radical (unpaired) electrons. The summed E-state index contributed by atoms with van der Waals surface area (Å²) < 4.78 is 15.6. The minimum Gasteiger partial charge on any atom is -0.341 e. The van der Waals surface area contributed by atoms with Gasteiger partial charge in [0.05, 0.1) is 6.54 Å². The molecule has 1 aromatic heterocycles. The monoisotopic (exact) mass is 280 g/mol. The van der Waals surface area contributed by atoms with E-state index in [1.165, 1.54) is 6.08 Å². The highest BCUT2D eigenvalue weighted by Gasteiger charge is 2.33. The lowest BCUT2D eigenvalue weighted by molar-refractivity contribution is -0.125. The van der Waals surface area contributed by atoms with E-state index in [2.05, 4.69) is 16.5 Å². The molecule has 0 unspecified atom stereocenters. The second kappa shape index (κ2) is 6.17. The van der Waals surface area contributed by atoms with Crippen molar-refractivity contribution in [1.82, 2.24) is 19.4 Å². The average Bonchev–Trinajstić information content (AvgIpc) is 2.96. The molecule has 1 aromatic rings. The Morgan fingerprint density at radius 2 is 2.45 bits per heavy atom. The number of alkyl halides is 1. The van der Waals surface area contributed by atoms with Crippen LogP contribution in [0.1, 0.15) is 12.2 Å². The van der Waals surface area contributed by atoms with Gasteiger partial charge in [-0.2, -0.15) is 0 Å². The van der Waals surface area contributed by atoms with Gasteiger partial charge in [-0.25, -0.2) is 9.37 Å². The Hall–Kier alpha value is -1.69. The zero-order valence-electron chi connectivity index (χ0n) is 12.0. The third-order valence-corrected chi connectivity index (χ3v) is 3.78. The van der Waals surface area contributed by atoms with Gasteiger partial charge in [0, 0.05) is 45.6 Å².